The Morgan fingerprint density at radius 1 is 1.39 bits per heavy atom. The van der Waals surface area contributed by atoms with Crippen LogP contribution in [0.1, 0.15) is 24.2 Å². The minimum atomic E-state index is -0.0886. The number of benzene rings is 1. The van der Waals surface area contributed by atoms with Crippen molar-refractivity contribution in [2.24, 2.45) is 0 Å². The zero-order valence-corrected chi connectivity index (χ0v) is 11.3. The van der Waals surface area contributed by atoms with E-state index in [2.05, 4.69) is 0 Å². The van der Waals surface area contributed by atoms with Gasteiger partial charge in [0.25, 0.3) is 5.91 Å². The number of carbonyl (C=O) groups is 1. The van der Waals surface area contributed by atoms with Gasteiger partial charge in [-0.25, -0.2) is 0 Å². The van der Waals surface area contributed by atoms with Gasteiger partial charge in [0, 0.05) is 13.1 Å². The first-order valence-corrected chi connectivity index (χ1v) is 6.35. The van der Waals surface area contributed by atoms with Gasteiger partial charge in [-0.3, -0.25) is 4.79 Å². The molecule has 1 aromatic carbocycles. The second-order valence-corrected chi connectivity index (χ2v) is 5.05. The molecule has 2 rings (SSSR count). The topological polar surface area (TPSA) is 55.6 Å². The summed E-state index contributed by atoms with van der Waals surface area (Å²) in [4.78, 5) is 14.2. The van der Waals surface area contributed by atoms with Crippen molar-refractivity contribution < 1.29 is 9.53 Å². The summed E-state index contributed by atoms with van der Waals surface area (Å²) in [7, 11) is 0. The highest BCUT2D eigenvalue weighted by Gasteiger charge is 2.27. The highest BCUT2D eigenvalue weighted by molar-refractivity contribution is 6.36. The zero-order valence-electron chi connectivity index (χ0n) is 10.5. The first-order chi connectivity index (χ1) is 8.49. The van der Waals surface area contributed by atoms with Crippen LogP contribution in [0.2, 0.25) is 5.02 Å². The van der Waals surface area contributed by atoms with Crippen LogP contribution in [0.25, 0.3) is 0 Å². The van der Waals surface area contributed by atoms with E-state index in [0.717, 1.165) is 0 Å². The van der Waals surface area contributed by atoms with E-state index in [1.54, 1.807) is 23.1 Å². The Balaban J connectivity index is 2.23. The van der Waals surface area contributed by atoms with Gasteiger partial charge in [-0.1, -0.05) is 17.7 Å². The molecule has 1 fully saturated rings. The molecular weight excluding hydrogens is 252 g/mol. The summed E-state index contributed by atoms with van der Waals surface area (Å²) >= 11 is 6.08. The lowest BCUT2D eigenvalue weighted by Crippen LogP contribution is -2.48. The Morgan fingerprint density at radius 3 is 2.61 bits per heavy atom. The van der Waals surface area contributed by atoms with Gasteiger partial charge in [0.05, 0.1) is 28.5 Å². The monoisotopic (exact) mass is 268 g/mol. The number of nitrogens with two attached hydrogens (primary N) is 1. The van der Waals surface area contributed by atoms with Crippen molar-refractivity contribution in [2.75, 3.05) is 18.8 Å². The van der Waals surface area contributed by atoms with E-state index in [0.29, 0.717) is 29.4 Å². The Labute approximate surface area is 112 Å². The number of anilines is 1. The van der Waals surface area contributed by atoms with E-state index in [-0.39, 0.29) is 18.1 Å². The number of ether oxygens (including phenoxy) is 1. The standard InChI is InChI=1S/C13H17ClN2O2/c1-8-6-16(7-9(2)18-8)13(17)10-4-3-5-11(15)12(10)14/h3-5,8-9H,6-7,15H2,1-2H3. The van der Waals surface area contributed by atoms with Crippen LogP contribution in [0.5, 0.6) is 0 Å². The molecule has 1 aromatic rings. The molecule has 2 atom stereocenters. The number of nitrogen functional groups attached to an aromatic ring is 1. The number of halogens is 1. The van der Waals surface area contributed by atoms with Gasteiger partial charge >= 0.3 is 0 Å². The van der Waals surface area contributed by atoms with E-state index in [9.17, 15) is 4.79 Å². The smallest absolute Gasteiger partial charge is 0.255 e. The van der Waals surface area contributed by atoms with Gasteiger partial charge in [0.2, 0.25) is 0 Å². The van der Waals surface area contributed by atoms with Gasteiger partial charge in [0.15, 0.2) is 0 Å². The molecule has 4 nitrogen and oxygen atoms in total. The highest BCUT2D eigenvalue weighted by Crippen LogP contribution is 2.25. The maximum atomic E-state index is 12.4. The summed E-state index contributed by atoms with van der Waals surface area (Å²) in [5.74, 6) is -0.0886. The lowest BCUT2D eigenvalue weighted by molar-refractivity contribution is -0.0586. The van der Waals surface area contributed by atoms with Crippen molar-refractivity contribution in [3.63, 3.8) is 0 Å². The lowest BCUT2D eigenvalue weighted by atomic mass is 10.1. The molecule has 0 saturated carbocycles. The van der Waals surface area contributed by atoms with Crippen LogP contribution in [0, 0.1) is 0 Å². The number of carbonyl (C=O) groups excluding carboxylic acids is 1. The molecule has 2 unspecified atom stereocenters. The van der Waals surface area contributed by atoms with Crippen LogP contribution in [-0.2, 0) is 4.74 Å². The minimum Gasteiger partial charge on any atom is -0.398 e. The van der Waals surface area contributed by atoms with Crippen molar-refractivity contribution >= 4 is 23.2 Å². The number of hydrogen-bond acceptors (Lipinski definition) is 3. The molecule has 0 spiro atoms. The van der Waals surface area contributed by atoms with Crippen LogP contribution in [-0.4, -0.2) is 36.1 Å². The molecule has 1 heterocycles. The predicted octanol–water partition coefficient (Wildman–Crippen LogP) is 2.17. The summed E-state index contributed by atoms with van der Waals surface area (Å²) < 4.78 is 5.60. The molecule has 0 aromatic heterocycles. The Hall–Kier alpha value is -1.26. The zero-order chi connectivity index (χ0) is 13.3. The maximum Gasteiger partial charge on any atom is 0.255 e. The first-order valence-electron chi connectivity index (χ1n) is 5.97. The van der Waals surface area contributed by atoms with Gasteiger partial charge < -0.3 is 15.4 Å². The molecule has 5 heteroatoms. The number of amides is 1. The number of rotatable bonds is 1. The van der Waals surface area contributed by atoms with Crippen molar-refractivity contribution in [3.05, 3.63) is 28.8 Å². The van der Waals surface area contributed by atoms with E-state index in [1.807, 2.05) is 13.8 Å². The highest BCUT2D eigenvalue weighted by atomic mass is 35.5. The quantitative estimate of drug-likeness (QED) is 0.794. The fourth-order valence-corrected chi connectivity index (χ4v) is 2.44. The average Bonchev–Trinajstić information content (AvgIpc) is 2.30. The van der Waals surface area contributed by atoms with Crippen molar-refractivity contribution in [1.29, 1.82) is 0 Å². The Kier molecular flexibility index (Phi) is 3.78. The third-order valence-electron chi connectivity index (χ3n) is 2.97. The average molecular weight is 269 g/mol. The summed E-state index contributed by atoms with van der Waals surface area (Å²) in [6, 6.07) is 5.12. The van der Waals surface area contributed by atoms with Gasteiger partial charge in [0.1, 0.15) is 0 Å². The fourth-order valence-electron chi connectivity index (χ4n) is 2.23. The minimum absolute atomic E-state index is 0.0394. The molecule has 18 heavy (non-hydrogen) atoms. The predicted molar refractivity (Wildman–Crippen MR) is 71.8 cm³/mol. The largest absolute Gasteiger partial charge is 0.398 e. The molecular formula is C13H17ClN2O2. The first kappa shape index (κ1) is 13.2. The second kappa shape index (κ2) is 5.16. The molecule has 2 N–H and O–H groups in total. The summed E-state index contributed by atoms with van der Waals surface area (Å²) in [6.07, 6.45) is 0.0788. The number of morpholine rings is 1. The van der Waals surface area contributed by atoms with E-state index >= 15 is 0 Å². The molecule has 1 amide bonds. The molecule has 0 aliphatic carbocycles. The van der Waals surface area contributed by atoms with Gasteiger partial charge in [-0.15, -0.1) is 0 Å². The van der Waals surface area contributed by atoms with Crippen LogP contribution < -0.4 is 5.73 Å². The Morgan fingerprint density at radius 2 is 2.00 bits per heavy atom. The van der Waals surface area contributed by atoms with Crippen molar-refractivity contribution in [2.45, 2.75) is 26.1 Å². The summed E-state index contributed by atoms with van der Waals surface area (Å²) in [5.41, 5.74) is 6.60. The third-order valence-corrected chi connectivity index (χ3v) is 3.39. The number of hydrogen-bond donors (Lipinski definition) is 1. The van der Waals surface area contributed by atoms with Gasteiger partial charge in [-0.2, -0.15) is 0 Å². The van der Waals surface area contributed by atoms with Crippen LogP contribution >= 0.6 is 11.6 Å². The van der Waals surface area contributed by atoms with E-state index in [1.165, 1.54) is 0 Å². The molecule has 1 aliphatic rings. The summed E-state index contributed by atoms with van der Waals surface area (Å²) in [5, 5.41) is 0.328. The van der Waals surface area contributed by atoms with Crippen LogP contribution in [0.3, 0.4) is 0 Å². The lowest BCUT2D eigenvalue weighted by Gasteiger charge is -2.35. The fraction of sp³-hybridized carbons (Fsp3) is 0.462. The van der Waals surface area contributed by atoms with Crippen LogP contribution in [0.4, 0.5) is 5.69 Å². The molecule has 98 valence electrons. The van der Waals surface area contributed by atoms with Crippen molar-refractivity contribution in [3.8, 4) is 0 Å². The van der Waals surface area contributed by atoms with Crippen molar-refractivity contribution in [1.82, 2.24) is 4.90 Å². The molecule has 0 radical (unpaired) electrons. The molecule has 1 saturated heterocycles. The van der Waals surface area contributed by atoms with Gasteiger partial charge in [-0.05, 0) is 26.0 Å². The van der Waals surface area contributed by atoms with E-state index < -0.39 is 0 Å². The normalized spacial score (nSPS) is 24.1. The summed E-state index contributed by atoms with van der Waals surface area (Å²) in [6.45, 7) is 5.07. The van der Waals surface area contributed by atoms with Crippen LogP contribution in [0.15, 0.2) is 18.2 Å². The molecule has 1 aliphatic heterocycles. The van der Waals surface area contributed by atoms with E-state index in [4.69, 9.17) is 22.1 Å². The maximum absolute atomic E-state index is 12.4. The third kappa shape index (κ3) is 2.60. The molecule has 0 bridgehead atoms. The Bertz CT molecular complexity index is 454. The second-order valence-electron chi connectivity index (χ2n) is 4.68. The SMILES string of the molecule is CC1CN(C(=O)c2cccc(N)c2Cl)CC(C)O1. The number of nitrogens with zero attached hydrogens (tertiary/aromatic N) is 1.